The van der Waals surface area contributed by atoms with Gasteiger partial charge in [-0.25, -0.2) is 18.4 Å². The Bertz CT molecular complexity index is 1480. The molecule has 0 saturated heterocycles. The van der Waals surface area contributed by atoms with Gasteiger partial charge in [0.15, 0.2) is 27.0 Å². The number of aromatic amines is 1. The molecule has 3 heterocycles. The van der Waals surface area contributed by atoms with Gasteiger partial charge < -0.3 is 19.8 Å². The summed E-state index contributed by atoms with van der Waals surface area (Å²) < 4.78 is 35.4. The summed E-state index contributed by atoms with van der Waals surface area (Å²) >= 11 is 0. The molecule has 0 unspecified atom stereocenters. The van der Waals surface area contributed by atoms with E-state index in [4.69, 9.17) is 9.47 Å². The van der Waals surface area contributed by atoms with Crippen molar-refractivity contribution >= 4 is 32.6 Å². The third-order valence-electron chi connectivity index (χ3n) is 5.36. The molecule has 0 aliphatic carbocycles. The minimum atomic E-state index is -3.36. The van der Waals surface area contributed by atoms with Crippen molar-refractivity contribution in [1.82, 2.24) is 15.0 Å². The van der Waals surface area contributed by atoms with E-state index in [0.29, 0.717) is 45.2 Å². The molecule has 0 radical (unpaired) electrons. The molecule has 0 fully saturated rings. The first-order chi connectivity index (χ1) is 15.8. The zero-order valence-electron chi connectivity index (χ0n) is 17.8. The number of carbonyl (C=O) groups is 1. The normalized spacial score (nSPS) is 12.9. The second-order valence-corrected chi connectivity index (χ2v) is 10.3. The fourth-order valence-electron chi connectivity index (χ4n) is 3.46. The van der Waals surface area contributed by atoms with E-state index in [1.54, 1.807) is 68.7 Å². The van der Waals surface area contributed by atoms with Gasteiger partial charge in [-0.2, -0.15) is 0 Å². The summed E-state index contributed by atoms with van der Waals surface area (Å²) in [5, 5.41) is 2.32. The minimum absolute atomic E-state index is 0.151. The van der Waals surface area contributed by atoms with Gasteiger partial charge in [-0.1, -0.05) is 12.1 Å². The van der Waals surface area contributed by atoms with Gasteiger partial charge in [-0.15, -0.1) is 0 Å². The number of sulfone groups is 1. The van der Waals surface area contributed by atoms with Crippen molar-refractivity contribution in [2.45, 2.75) is 24.0 Å². The number of benzene rings is 2. The van der Waals surface area contributed by atoms with Crippen LogP contribution in [0, 0.1) is 0 Å². The number of hydrogen-bond acceptors (Lipinski definition) is 7. The van der Waals surface area contributed by atoms with E-state index in [2.05, 4.69) is 20.3 Å². The monoisotopic (exact) mass is 464 g/mol. The maximum absolute atomic E-state index is 12.9. The Kier molecular flexibility index (Phi) is 5.01. The van der Waals surface area contributed by atoms with E-state index in [1.807, 2.05) is 0 Å². The average molecular weight is 465 g/mol. The van der Waals surface area contributed by atoms with E-state index in [0.717, 1.165) is 0 Å². The molecule has 33 heavy (non-hydrogen) atoms. The van der Waals surface area contributed by atoms with Crippen LogP contribution in [0.3, 0.4) is 0 Å². The molecule has 0 atom stereocenters. The number of anilines is 1. The van der Waals surface area contributed by atoms with Crippen LogP contribution in [0.1, 0.15) is 24.2 Å². The van der Waals surface area contributed by atoms with Gasteiger partial charge in [0.25, 0.3) is 5.91 Å². The Morgan fingerprint density at radius 3 is 2.61 bits per heavy atom. The number of fused-ring (bicyclic) bond motifs is 2. The zero-order chi connectivity index (χ0) is 23.2. The van der Waals surface area contributed by atoms with Crippen molar-refractivity contribution in [3.05, 3.63) is 60.4 Å². The number of carbonyl (C=O) groups excluding carboxylic acids is 1. The molecule has 0 saturated carbocycles. The van der Waals surface area contributed by atoms with E-state index in [9.17, 15) is 13.2 Å². The van der Waals surface area contributed by atoms with Crippen molar-refractivity contribution in [2.24, 2.45) is 0 Å². The fourth-order valence-corrected chi connectivity index (χ4v) is 4.52. The first kappa shape index (κ1) is 21.0. The second kappa shape index (κ2) is 7.89. The summed E-state index contributed by atoms with van der Waals surface area (Å²) in [4.78, 5) is 25.1. The van der Waals surface area contributed by atoms with Gasteiger partial charge in [0.1, 0.15) is 5.52 Å². The maximum Gasteiger partial charge on any atom is 0.259 e. The van der Waals surface area contributed by atoms with Crippen LogP contribution in [0.4, 0.5) is 5.69 Å². The van der Waals surface area contributed by atoms with Crippen LogP contribution >= 0.6 is 0 Å². The van der Waals surface area contributed by atoms with Crippen molar-refractivity contribution < 1.29 is 22.7 Å². The molecule has 0 bridgehead atoms. The Balaban J connectivity index is 1.44. The lowest BCUT2D eigenvalue weighted by molar-refractivity contribution is 0.102. The van der Waals surface area contributed by atoms with Gasteiger partial charge in [-0.05, 0) is 38.1 Å². The SMILES string of the molecule is CC(C)S(=O)(=O)c1ccc(-c2cnc3[nH]cc(C(=O)Nc4ccc5c(c4)OCO5)c3n2)cc1. The maximum atomic E-state index is 12.9. The predicted octanol–water partition coefficient (Wildman–Crippen LogP) is 3.79. The number of hydrogen-bond donors (Lipinski definition) is 2. The summed E-state index contributed by atoms with van der Waals surface area (Å²) in [7, 11) is -3.36. The topological polar surface area (TPSA) is 123 Å². The summed E-state index contributed by atoms with van der Waals surface area (Å²) in [6.45, 7) is 3.44. The summed E-state index contributed by atoms with van der Waals surface area (Å²) in [5.41, 5.74) is 2.97. The highest BCUT2D eigenvalue weighted by Crippen LogP contribution is 2.34. The van der Waals surface area contributed by atoms with Crippen LogP contribution in [0.15, 0.2) is 59.8 Å². The molecule has 4 aromatic rings. The quantitative estimate of drug-likeness (QED) is 0.461. The van der Waals surface area contributed by atoms with Crippen LogP contribution in [0.2, 0.25) is 0 Å². The van der Waals surface area contributed by atoms with Crippen LogP contribution in [-0.4, -0.2) is 41.3 Å². The molecular weight excluding hydrogens is 444 g/mol. The second-order valence-electron chi connectivity index (χ2n) is 7.80. The lowest BCUT2D eigenvalue weighted by Gasteiger charge is -2.08. The molecule has 168 valence electrons. The fraction of sp³-hybridized carbons (Fsp3) is 0.174. The number of nitrogens with one attached hydrogen (secondary N) is 2. The molecule has 9 nitrogen and oxygen atoms in total. The third kappa shape index (κ3) is 3.78. The third-order valence-corrected chi connectivity index (χ3v) is 7.53. The van der Waals surface area contributed by atoms with Crippen LogP contribution < -0.4 is 14.8 Å². The Morgan fingerprint density at radius 2 is 1.85 bits per heavy atom. The molecule has 2 aromatic heterocycles. The molecule has 2 N–H and O–H groups in total. The molecular formula is C23H20N4O5S. The molecule has 2 aromatic carbocycles. The Labute approximate surface area is 189 Å². The molecule has 10 heteroatoms. The van der Waals surface area contributed by atoms with Gasteiger partial charge >= 0.3 is 0 Å². The van der Waals surface area contributed by atoms with Crippen molar-refractivity contribution in [2.75, 3.05) is 12.1 Å². The van der Waals surface area contributed by atoms with E-state index in [-0.39, 0.29) is 17.6 Å². The lowest BCUT2D eigenvalue weighted by atomic mass is 10.1. The molecule has 1 amide bonds. The Morgan fingerprint density at radius 1 is 1.09 bits per heavy atom. The highest BCUT2D eigenvalue weighted by atomic mass is 32.2. The van der Waals surface area contributed by atoms with Gasteiger partial charge in [0, 0.05) is 23.5 Å². The van der Waals surface area contributed by atoms with E-state index in [1.165, 1.54) is 0 Å². The van der Waals surface area contributed by atoms with Crippen LogP contribution in [0.5, 0.6) is 11.5 Å². The number of rotatable bonds is 5. The van der Waals surface area contributed by atoms with Gasteiger partial charge in [0.05, 0.1) is 27.6 Å². The lowest BCUT2D eigenvalue weighted by Crippen LogP contribution is -2.13. The van der Waals surface area contributed by atoms with Crippen molar-refractivity contribution in [1.29, 1.82) is 0 Å². The zero-order valence-corrected chi connectivity index (χ0v) is 18.6. The minimum Gasteiger partial charge on any atom is -0.454 e. The van der Waals surface area contributed by atoms with Crippen LogP contribution in [0.25, 0.3) is 22.4 Å². The molecule has 5 rings (SSSR count). The largest absolute Gasteiger partial charge is 0.454 e. The van der Waals surface area contributed by atoms with E-state index >= 15 is 0 Å². The van der Waals surface area contributed by atoms with E-state index < -0.39 is 15.1 Å². The number of amides is 1. The average Bonchev–Trinajstić information content (AvgIpc) is 3.45. The van der Waals surface area contributed by atoms with Crippen molar-refractivity contribution in [3.8, 4) is 22.8 Å². The van der Waals surface area contributed by atoms with Gasteiger partial charge in [0.2, 0.25) is 6.79 Å². The highest BCUT2D eigenvalue weighted by Gasteiger charge is 2.20. The highest BCUT2D eigenvalue weighted by molar-refractivity contribution is 7.92. The smallest absolute Gasteiger partial charge is 0.259 e. The molecule has 0 spiro atoms. The van der Waals surface area contributed by atoms with Crippen molar-refractivity contribution in [3.63, 3.8) is 0 Å². The molecule has 1 aliphatic heterocycles. The number of aromatic nitrogens is 3. The number of ether oxygens (including phenoxy) is 2. The predicted molar refractivity (Wildman–Crippen MR) is 122 cm³/mol. The Hall–Kier alpha value is -3.92. The summed E-state index contributed by atoms with van der Waals surface area (Å²) in [6, 6.07) is 11.6. The first-order valence-corrected chi connectivity index (χ1v) is 11.8. The van der Waals surface area contributed by atoms with Gasteiger partial charge in [-0.3, -0.25) is 4.79 Å². The number of H-pyrrole nitrogens is 1. The summed E-state index contributed by atoms with van der Waals surface area (Å²) in [6.07, 6.45) is 3.12. The summed E-state index contributed by atoms with van der Waals surface area (Å²) in [5.74, 6) is 0.837. The standard InChI is InChI=1S/C23H20N4O5S/c1-13(2)33(29,30)16-6-3-14(4-7-16)18-11-25-22-21(27-18)17(10-24-22)23(28)26-15-5-8-19-20(9-15)32-12-31-19/h3-11,13H,12H2,1-2H3,(H,24,25)(H,26,28). The molecule has 1 aliphatic rings. The number of nitrogens with zero attached hydrogens (tertiary/aromatic N) is 2. The van der Waals surface area contributed by atoms with Crippen LogP contribution in [-0.2, 0) is 9.84 Å². The first-order valence-electron chi connectivity index (χ1n) is 10.2.